The van der Waals surface area contributed by atoms with Crippen LogP contribution in [0, 0.1) is 11.3 Å². The van der Waals surface area contributed by atoms with Gasteiger partial charge in [0, 0.05) is 24.8 Å². The Hall–Kier alpha value is -1.79. The first-order valence-electron chi connectivity index (χ1n) is 8.08. The number of sulfonamides is 1. The van der Waals surface area contributed by atoms with E-state index in [-0.39, 0.29) is 22.5 Å². The lowest BCUT2D eigenvalue weighted by Crippen LogP contribution is -2.43. The van der Waals surface area contributed by atoms with Crippen LogP contribution in [0.25, 0.3) is 0 Å². The van der Waals surface area contributed by atoms with E-state index in [1.54, 1.807) is 0 Å². The molecule has 0 radical (unpaired) electrons. The summed E-state index contributed by atoms with van der Waals surface area (Å²) in [5.74, 6) is 0. The second-order valence-electron chi connectivity index (χ2n) is 6.43. The van der Waals surface area contributed by atoms with Crippen LogP contribution < -0.4 is 5.32 Å². The van der Waals surface area contributed by atoms with Gasteiger partial charge in [0.1, 0.15) is 0 Å². The predicted octanol–water partition coefficient (Wildman–Crippen LogP) is 2.95. The number of anilines is 1. The number of halogens is 3. The molecule has 0 atom stereocenters. The smallest absolute Gasteiger partial charge is 0.382 e. The van der Waals surface area contributed by atoms with Gasteiger partial charge < -0.3 is 5.32 Å². The second kappa shape index (κ2) is 6.50. The zero-order valence-electron chi connectivity index (χ0n) is 13.4. The topological polar surface area (TPSA) is 73.2 Å². The van der Waals surface area contributed by atoms with Gasteiger partial charge in [-0.1, -0.05) is 0 Å². The number of benzene rings is 1. The summed E-state index contributed by atoms with van der Waals surface area (Å²) in [5, 5.41) is 11.5. The molecule has 1 N–H and O–H groups in total. The van der Waals surface area contributed by atoms with Gasteiger partial charge in [-0.3, -0.25) is 0 Å². The average molecular weight is 373 g/mol. The molecular weight excluding hydrogens is 355 g/mol. The molecule has 1 aromatic carbocycles. The van der Waals surface area contributed by atoms with Gasteiger partial charge in [-0.15, -0.1) is 0 Å². The first-order valence-corrected chi connectivity index (χ1v) is 9.59. The van der Waals surface area contributed by atoms with Crippen molar-refractivity contribution in [1.82, 2.24) is 4.31 Å². The van der Waals surface area contributed by atoms with Crippen LogP contribution in [0.15, 0.2) is 18.2 Å². The molecule has 0 unspecified atom stereocenters. The van der Waals surface area contributed by atoms with E-state index in [0.717, 1.165) is 12.1 Å². The summed E-state index contributed by atoms with van der Waals surface area (Å²) in [6, 6.07) is 4.80. The normalized spacial score (nSPS) is 20.2. The molecule has 2 aliphatic rings. The third kappa shape index (κ3) is 3.90. The number of hydrogen-bond acceptors (Lipinski definition) is 4. The molecule has 0 amide bonds. The number of nitrogens with zero attached hydrogens (tertiary/aromatic N) is 2. The monoisotopic (exact) mass is 373 g/mol. The van der Waals surface area contributed by atoms with Gasteiger partial charge >= 0.3 is 6.18 Å². The van der Waals surface area contributed by atoms with Crippen molar-refractivity contribution in [3.8, 4) is 6.07 Å². The van der Waals surface area contributed by atoms with E-state index in [1.165, 1.54) is 10.4 Å². The fourth-order valence-electron chi connectivity index (χ4n) is 3.03. The van der Waals surface area contributed by atoms with E-state index in [4.69, 9.17) is 5.26 Å². The first-order chi connectivity index (χ1) is 11.7. The number of alkyl halides is 3. The Morgan fingerprint density at radius 1 is 1.16 bits per heavy atom. The summed E-state index contributed by atoms with van der Waals surface area (Å²) in [6.45, 7) is 0.603. The van der Waals surface area contributed by atoms with Crippen molar-refractivity contribution in [2.24, 2.45) is 0 Å². The predicted molar refractivity (Wildman–Crippen MR) is 86.3 cm³/mol. The fraction of sp³-hybridized carbons (Fsp3) is 0.562. The minimum Gasteiger partial charge on any atom is -0.382 e. The summed E-state index contributed by atoms with van der Waals surface area (Å²) in [6.07, 6.45) is -2.28. The third-order valence-corrected chi connectivity index (χ3v) is 6.97. The molecule has 0 aromatic heterocycles. The highest BCUT2D eigenvalue weighted by Gasteiger charge is 2.41. The lowest BCUT2D eigenvalue weighted by Gasteiger charge is -2.32. The Kier molecular flexibility index (Phi) is 4.68. The summed E-state index contributed by atoms with van der Waals surface area (Å²) in [5.41, 5.74) is -0.807. The number of nitriles is 1. The number of piperidine rings is 1. The minimum atomic E-state index is -4.52. The van der Waals surface area contributed by atoms with E-state index in [1.807, 2.05) is 6.07 Å². The lowest BCUT2D eigenvalue weighted by atomic mass is 10.0. The molecular formula is C16H18F3N3O2S. The molecule has 0 spiro atoms. The Morgan fingerprint density at radius 2 is 1.80 bits per heavy atom. The van der Waals surface area contributed by atoms with Crippen LogP contribution in [0.4, 0.5) is 18.9 Å². The summed E-state index contributed by atoms with van der Waals surface area (Å²) >= 11 is 0. The van der Waals surface area contributed by atoms with Gasteiger partial charge in [-0.25, -0.2) is 12.7 Å². The van der Waals surface area contributed by atoms with Crippen molar-refractivity contribution in [2.45, 2.75) is 43.2 Å². The molecule has 25 heavy (non-hydrogen) atoms. The Morgan fingerprint density at radius 3 is 2.32 bits per heavy atom. The van der Waals surface area contributed by atoms with E-state index in [0.29, 0.717) is 38.8 Å². The quantitative estimate of drug-likeness (QED) is 0.881. The first kappa shape index (κ1) is 18.0. The third-order valence-electron chi connectivity index (χ3n) is 4.57. The molecule has 3 rings (SSSR count). The van der Waals surface area contributed by atoms with Crippen LogP contribution in [0.3, 0.4) is 0 Å². The summed E-state index contributed by atoms with van der Waals surface area (Å²) in [7, 11) is -3.24. The maximum atomic E-state index is 13.1. The SMILES string of the molecule is N#Cc1ccc(C(F)(F)F)c(NC2CCN(S(=O)(=O)C3CC3)CC2)c1. The molecule has 9 heteroatoms. The summed E-state index contributed by atoms with van der Waals surface area (Å²) in [4.78, 5) is 0. The number of rotatable bonds is 4. The van der Waals surface area contributed by atoms with E-state index in [9.17, 15) is 21.6 Å². The average Bonchev–Trinajstić information content (AvgIpc) is 3.39. The van der Waals surface area contributed by atoms with E-state index < -0.39 is 21.8 Å². The van der Waals surface area contributed by atoms with E-state index in [2.05, 4.69) is 5.32 Å². The van der Waals surface area contributed by atoms with Gasteiger partial charge in [0.05, 0.1) is 22.4 Å². The van der Waals surface area contributed by atoms with Gasteiger partial charge in [0.2, 0.25) is 10.0 Å². The second-order valence-corrected chi connectivity index (χ2v) is 8.64. The zero-order valence-corrected chi connectivity index (χ0v) is 14.2. The maximum absolute atomic E-state index is 13.1. The zero-order chi connectivity index (χ0) is 18.2. The molecule has 2 fully saturated rings. The summed E-state index contributed by atoms with van der Waals surface area (Å²) < 4.78 is 65.3. The van der Waals surface area contributed by atoms with Crippen molar-refractivity contribution in [3.05, 3.63) is 29.3 Å². The van der Waals surface area contributed by atoms with Crippen molar-refractivity contribution < 1.29 is 21.6 Å². The Balaban J connectivity index is 1.70. The fourth-order valence-corrected chi connectivity index (χ4v) is 4.90. The van der Waals surface area contributed by atoms with Crippen LogP contribution in [0.2, 0.25) is 0 Å². The molecule has 1 heterocycles. The maximum Gasteiger partial charge on any atom is 0.418 e. The van der Waals surface area contributed by atoms with Crippen molar-refractivity contribution in [3.63, 3.8) is 0 Å². The Labute approximate surface area is 144 Å². The van der Waals surface area contributed by atoms with Crippen molar-refractivity contribution in [2.75, 3.05) is 18.4 Å². The van der Waals surface area contributed by atoms with Crippen LogP contribution in [-0.2, 0) is 16.2 Å². The molecule has 5 nitrogen and oxygen atoms in total. The van der Waals surface area contributed by atoms with Gasteiger partial charge in [-0.05, 0) is 43.9 Å². The van der Waals surface area contributed by atoms with Crippen LogP contribution >= 0.6 is 0 Å². The highest BCUT2D eigenvalue weighted by molar-refractivity contribution is 7.90. The standard InChI is InChI=1S/C16H18F3N3O2S/c17-16(18,19)14-4-1-11(10-20)9-15(14)21-12-5-7-22(8-6-12)25(23,24)13-2-3-13/h1,4,9,12-13,21H,2-3,5-8H2. The van der Waals surface area contributed by atoms with Crippen molar-refractivity contribution >= 4 is 15.7 Å². The molecule has 1 saturated heterocycles. The van der Waals surface area contributed by atoms with Gasteiger partial charge in [0.25, 0.3) is 0 Å². The van der Waals surface area contributed by atoms with Crippen molar-refractivity contribution in [1.29, 1.82) is 5.26 Å². The molecule has 1 aliphatic carbocycles. The molecule has 0 bridgehead atoms. The van der Waals surface area contributed by atoms with Gasteiger partial charge in [-0.2, -0.15) is 18.4 Å². The van der Waals surface area contributed by atoms with Crippen LogP contribution in [0.1, 0.15) is 36.8 Å². The number of hydrogen-bond donors (Lipinski definition) is 1. The molecule has 1 aliphatic heterocycles. The van der Waals surface area contributed by atoms with Gasteiger partial charge in [0.15, 0.2) is 0 Å². The van der Waals surface area contributed by atoms with Crippen LogP contribution in [0.5, 0.6) is 0 Å². The van der Waals surface area contributed by atoms with Crippen LogP contribution in [-0.4, -0.2) is 37.1 Å². The Bertz CT molecular complexity index is 790. The lowest BCUT2D eigenvalue weighted by molar-refractivity contribution is -0.137. The highest BCUT2D eigenvalue weighted by atomic mass is 32.2. The molecule has 1 saturated carbocycles. The number of nitrogens with one attached hydrogen (secondary N) is 1. The largest absolute Gasteiger partial charge is 0.418 e. The minimum absolute atomic E-state index is 0.130. The molecule has 136 valence electrons. The molecule has 1 aromatic rings. The highest BCUT2D eigenvalue weighted by Crippen LogP contribution is 2.37. The van der Waals surface area contributed by atoms with E-state index >= 15 is 0 Å².